The number of fused-ring (bicyclic) bond motifs is 1. The molecule has 0 spiro atoms. The highest BCUT2D eigenvalue weighted by Crippen LogP contribution is 2.33. The van der Waals surface area contributed by atoms with Gasteiger partial charge in [-0.15, -0.1) is 0 Å². The standard InChI is InChI=1S/C17H18N4O5/c1-19-14-10(20-7-9(8-20)16(24)25)3-2-4-11(14)21(17(19)26)12-5-6-13(22)18-15(12)23/h2-4,9,12H,5-8H2,1H3,(H,24,25)(H,18,22,23). The van der Waals surface area contributed by atoms with Gasteiger partial charge in [-0.3, -0.25) is 28.8 Å². The molecule has 2 amide bonds. The number of hydrogen-bond donors (Lipinski definition) is 2. The maximum Gasteiger partial charge on any atom is 0.329 e. The van der Waals surface area contributed by atoms with Crippen LogP contribution in [-0.4, -0.2) is 45.1 Å². The number of piperidine rings is 1. The molecule has 26 heavy (non-hydrogen) atoms. The zero-order chi connectivity index (χ0) is 18.6. The summed E-state index contributed by atoms with van der Waals surface area (Å²) in [6.45, 7) is 0.762. The molecule has 2 fully saturated rings. The molecule has 0 radical (unpaired) electrons. The number of aliphatic carboxylic acids is 1. The number of imidazole rings is 1. The van der Waals surface area contributed by atoms with E-state index in [9.17, 15) is 19.2 Å². The maximum absolute atomic E-state index is 12.8. The summed E-state index contributed by atoms with van der Waals surface area (Å²) in [6.07, 6.45) is 0.462. The topological polar surface area (TPSA) is 114 Å². The van der Waals surface area contributed by atoms with Gasteiger partial charge in [-0.25, -0.2) is 4.79 Å². The lowest BCUT2D eigenvalue weighted by Crippen LogP contribution is -2.50. The SMILES string of the molecule is Cn1c(=O)n(C2CCC(=O)NC2=O)c2cccc(N3CC(C(=O)O)C3)c21. The lowest BCUT2D eigenvalue weighted by molar-refractivity contribution is -0.142. The number of hydrogen-bond acceptors (Lipinski definition) is 5. The number of nitrogens with one attached hydrogen (secondary N) is 1. The molecule has 9 nitrogen and oxygen atoms in total. The number of carbonyl (C=O) groups excluding carboxylic acids is 2. The number of aromatic nitrogens is 2. The first-order chi connectivity index (χ1) is 12.4. The Balaban J connectivity index is 1.80. The molecule has 0 saturated carbocycles. The van der Waals surface area contributed by atoms with Gasteiger partial charge in [-0.1, -0.05) is 6.07 Å². The van der Waals surface area contributed by atoms with E-state index in [2.05, 4.69) is 5.32 Å². The predicted molar refractivity (Wildman–Crippen MR) is 91.9 cm³/mol. The molecular weight excluding hydrogens is 340 g/mol. The van der Waals surface area contributed by atoms with Gasteiger partial charge >= 0.3 is 11.7 Å². The summed E-state index contributed by atoms with van der Waals surface area (Å²) in [5, 5.41) is 11.4. The first-order valence-electron chi connectivity index (χ1n) is 8.40. The molecule has 2 aliphatic rings. The average molecular weight is 358 g/mol. The predicted octanol–water partition coefficient (Wildman–Crippen LogP) is -0.161. The maximum atomic E-state index is 12.8. The van der Waals surface area contributed by atoms with E-state index in [-0.39, 0.29) is 24.4 Å². The quantitative estimate of drug-likeness (QED) is 0.737. The smallest absolute Gasteiger partial charge is 0.329 e. The minimum atomic E-state index is -0.830. The van der Waals surface area contributed by atoms with Crippen LogP contribution in [-0.2, 0) is 21.4 Å². The molecule has 9 heteroatoms. The highest BCUT2D eigenvalue weighted by atomic mass is 16.4. The molecule has 4 rings (SSSR count). The van der Waals surface area contributed by atoms with Gasteiger partial charge in [-0.2, -0.15) is 0 Å². The van der Waals surface area contributed by atoms with Gasteiger partial charge < -0.3 is 10.0 Å². The summed E-state index contributed by atoms with van der Waals surface area (Å²) in [6, 6.07) is 4.66. The summed E-state index contributed by atoms with van der Waals surface area (Å²) in [5.74, 6) is -2.06. The summed E-state index contributed by atoms with van der Waals surface area (Å²) in [4.78, 5) is 49.4. The number of benzene rings is 1. The van der Waals surface area contributed by atoms with Crippen molar-refractivity contribution in [1.82, 2.24) is 14.5 Å². The van der Waals surface area contributed by atoms with Gasteiger partial charge in [0.05, 0.1) is 22.6 Å². The van der Waals surface area contributed by atoms with E-state index in [1.165, 1.54) is 9.13 Å². The molecule has 1 atom stereocenters. The average Bonchev–Trinajstić information content (AvgIpc) is 2.79. The van der Waals surface area contributed by atoms with Gasteiger partial charge in [0.2, 0.25) is 11.8 Å². The van der Waals surface area contributed by atoms with Crippen LogP contribution >= 0.6 is 0 Å². The number of amides is 2. The molecular formula is C17H18N4O5. The van der Waals surface area contributed by atoms with Crippen molar-refractivity contribution in [3.8, 4) is 0 Å². The second kappa shape index (κ2) is 5.72. The Morgan fingerprint density at radius 1 is 1.23 bits per heavy atom. The minimum Gasteiger partial charge on any atom is -0.481 e. The molecule has 2 aromatic rings. The number of rotatable bonds is 3. The monoisotopic (exact) mass is 358 g/mol. The Morgan fingerprint density at radius 3 is 2.62 bits per heavy atom. The largest absolute Gasteiger partial charge is 0.481 e. The van der Waals surface area contributed by atoms with E-state index in [0.717, 1.165) is 5.69 Å². The molecule has 2 N–H and O–H groups in total. The fraction of sp³-hybridized carbons (Fsp3) is 0.412. The fourth-order valence-corrected chi connectivity index (χ4v) is 3.73. The third kappa shape index (κ3) is 2.31. The molecule has 1 aromatic heterocycles. The number of carboxylic acids is 1. The molecule has 1 unspecified atom stereocenters. The summed E-state index contributed by atoms with van der Waals surface area (Å²) in [5.41, 5.74) is 1.69. The van der Waals surface area contributed by atoms with E-state index in [4.69, 9.17) is 5.11 Å². The number of nitrogens with zero attached hydrogens (tertiary/aromatic N) is 3. The Kier molecular flexibility index (Phi) is 3.60. The van der Waals surface area contributed by atoms with Crippen molar-refractivity contribution in [3.05, 3.63) is 28.7 Å². The van der Waals surface area contributed by atoms with Crippen molar-refractivity contribution >= 4 is 34.5 Å². The van der Waals surface area contributed by atoms with E-state index < -0.39 is 23.8 Å². The van der Waals surface area contributed by atoms with Crippen LogP contribution in [0.25, 0.3) is 11.0 Å². The van der Waals surface area contributed by atoms with Crippen LogP contribution in [0.3, 0.4) is 0 Å². The lowest BCUT2D eigenvalue weighted by atomic mass is 9.99. The number of anilines is 1. The Morgan fingerprint density at radius 2 is 1.96 bits per heavy atom. The highest BCUT2D eigenvalue weighted by Gasteiger charge is 2.36. The van der Waals surface area contributed by atoms with Gasteiger partial charge in [0.15, 0.2) is 0 Å². The third-order valence-electron chi connectivity index (χ3n) is 5.17. The van der Waals surface area contributed by atoms with Crippen molar-refractivity contribution in [2.75, 3.05) is 18.0 Å². The number of carboxylic acid groups (broad SMARTS) is 1. The minimum absolute atomic E-state index is 0.186. The van der Waals surface area contributed by atoms with Crippen molar-refractivity contribution in [3.63, 3.8) is 0 Å². The Labute approximate surface area is 147 Å². The van der Waals surface area contributed by atoms with Gasteiger partial charge in [0.25, 0.3) is 0 Å². The van der Waals surface area contributed by atoms with Crippen molar-refractivity contribution in [2.24, 2.45) is 13.0 Å². The van der Waals surface area contributed by atoms with Crippen molar-refractivity contribution < 1.29 is 19.5 Å². The zero-order valence-electron chi connectivity index (χ0n) is 14.1. The molecule has 2 aliphatic heterocycles. The van der Waals surface area contributed by atoms with Crippen LogP contribution in [0.2, 0.25) is 0 Å². The normalized spacial score (nSPS) is 21.0. The highest BCUT2D eigenvalue weighted by molar-refractivity contribution is 6.00. The van der Waals surface area contributed by atoms with Gasteiger partial charge in [-0.05, 0) is 18.6 Å². The van der Waals surface area contributed by atoms with Crippen LogP contribution in [0.4, 0.5) is 5.69 Å². The fourth-order valence-electron chi connectivity index (χ4n) is 3.73. The van der Waals surface area contributed by atoms with Crippen LogP contribution in [0, 0.1) is 5.92 Å². The molecule has 2 saturated heterocycles. The van der Waals surface area contributed by atoms with Crippen LogP contribution in [0.15, 0.2) is 23.0 Å². The number of imide groups is 1. The number of carbonyl (C=O) groups is 3. The summed E-state index contributed by atoms with van der Waals surface area (Å²) < 4.78 is 2.90. The van der Waals surface area contributed by atoms with E-state index in [1.54, 1.807) is 19.2 Å². The Hall–Kier alpha value is -3.10. The second-order valence-electron chi connectivity index (χ2n) is 6.76. The Bertz CT molecular complexity index is 998. The molecule has 0 bridgehead atoms. The van der Waals surface area contributed by atoms with E-state index in [1.807, 2.05) is 11.0 Å². The summed E-state index contributed by atoms with van der Waals surface area (Å²) in [7, 11) is 1.63. The van der Waals surface area contributed by atoms with Crippen LogP contribution in [0.5, 0.6) is 0 Å². The van der Waals surface area contributed by atoms with Gasteiger partial charge in [0.1, 0.15) is 6.04 Å². The lowest BCUT2D eigenvalue weighted by Gasteiger charge is -2.39. The first-order valence-corrected chi connectivity index (χ1v) is 8.40. The van der Waals surface area contributed by atoms with E-state index >= 15 is 0 Å². The van der Waals surface area contributed by atoms with E-state index in [0.29, 0.717) is 24.1 Å². The molecule has 1 aromatic carbocycles. The molecule has 3 heterocycles. The molecule has 136 valence electrons. The number of para-hydroxylation sites is 1. The molecule has 0 aliphatic carbocycles. The van der Waals surface area contributed by atoms with Crippen LogP contribution < -0.4 is 15.9 Å². The van der Waals surface area contributed by atoms with Crippen molar-refractivity contribution in [1.29, 1.82) is 0 Å². The second-order valence-corrected chi connectivity index (χ2v) is 6.76. The first kappa shape index (κ1) is 16.4. The van der Waals surface area contributed by atoms with Gasteiger partial charge in [0, 0.05) is 26.6 Å². The van der Waals surface area contributed by atoms with Crippen LogP contribution in [0.1, 0.15) is 18.9 Å². The zero-order valence-corrected chi connectivity index (χ0v) is 14.1. The van der Waals surface area contributed by atoms with Crippen molar-refractivity contribution in [2.45, 2.75) is 18.9 Å². The third-order valence-corrected chi connectivity index (χ3v) is 5.17. The number of aryl methyl sites for hydroxylation is 1. The summed E-state index contributed by atoms with van der Waals surface area (Å²) >= 11 is 0.